The Morgan fingerprint density at radius 1 is 1.24 bits per heavy atom. The summed E-state index contributed by atoms with van der Waals surface area (Å²) in [5, 5.41) is 4.38. The molecule has 0 aliphatic heterocycles. The molecule has 0 amide bonds. The summed E-state index contributed by atoms with van der Waals surface area (Å²) in [7, 11) is 0. The quantitative estimate of drug-likeness (QED) is 0.521. The highest BCUT2D eigenvalue weighted by atomic mass is 79.9. The molecule has 1 aromatic heterocycles. The molecular weight excluding hydrogens is 298 g/mol. The van der Waals surface area contributed by atoms with Crippen molar-refractivity contribution in [3.63, 3.8) is 0 Å². The number of hydrogen-bond donors (Lipinski definition) is 1. The van der Waals surface area contributed by atoms with Crippen LogP contribution in [0.1, 0.15) is 0 Å². The zero-order valence-electron chi connectivity index (χ0n) is 9.14. The van der Waals surface area contributed by atoms with Crippen molar-refractivity contribution in [3.05, 3.63) is 47.3 Å². The topological polar surface area (TPSA) is 37.8 Å². The minimum Gasteiger partial charge on any atom is -0.383 e. The Kier molecular flexibility index (Phi) is 4.82. The second kappa shape index (κ2) is 6.61. The van der Waals surface area contributed by atoms with Crippen molar-refractivity contribution in [3.8, 4) is 0 Å². The number of anilines is 1. The van der Waals surface area contributed by atoms with Crippen molar-refractivity contribution in [1.82, 2.24) is 9.97 Å². The summed E-state index contributed by atoms with van der Waals surface area (Å²) in [4.78, 5) is 8.04. The number of hydrogen-bond acceptors (Lipinski definition) is 4. The number of rotatable bonds is 5. The molecule has 0 saturated heterocycles. The van der Waals surface area contributed by atoms with Crippen molar-refractivity contribution in [2.75, 3.05) is 17.6 Å². The maximum atomic E-state index is 4.16. The van der Waals surface area contributed by atoms with Crippen molar-refractivity contribution >= 4 is 33.4 Å². The molecule has 1 aromatic carbocycles. The fourth-order valence-corrected chi connectivity index (χ4v) is 2.43. The summed E-state index contributed by atoms with van der Waals surface area (Å²) in [6.07, 6.45) is 3.33. The van der Waals surface area contributed by atoms with Gasteiger partial charge in [0, 0.05) is 28.7 Å². The molecule has 0 fully saturated rings. The lowest BCUT2D eigenvalue weighted by atomic mass is 10.3. The smallest absolute Gasteiger partial charge is 0.116 e. The van der Waals surface area contributed by atoms with Gasteiger partial charge in [-0.25, -0.2) is 9.97 Å². The summed E-state index contributed by atoms with van der Waals surface area (Å²) in [6.45, 7) is 0.900. The van der Waals surface area contributed by atoms with Gasteiger partial charge in [0.25, 0.3) is 0 Å². The summed E-state index contributed by atoms with van der Waals surface area (Å²) < 4.78 is 1.09. The summed E-state index contributed by atoms with van der Waals surface area (Å²) in [5.41, 5.74) is 1.12. The zero-order chi connectivity index (χ0) is 11.9. The van der Waals surface area contributed by atoms with E-state index in [1.165, 1.54) is 0 Å². The molecule has 2 rings (SSSR count). The van der Waals surface area contributed by atoms with Crippen LogP contribution in [0.15, 0.2) is 52.4 Å². The Balaban J connectivity index is 1.76. The van der Waals surface area contributed by atoms with E-state index in [0.717, 1.165) is 27.5 Å². The molecule has 88 valence electrons. The van der Waals surface area contributed by atoms with Gasteiger partial charge in [-0.2, -0.15) is 0 Å². The molecule has 0 bridgehead atoms. The molecule has 1 N–H and O–H groups in total. The van der Waals surface area contributed by atoms with Gasteiger partial charge in [0.1, 0.15) is 6.33 Å². The van der Waals surface area contributed by atoms with E-state index >= 15 is 0 Å². The monoisotopic (exact) mass is 309 g/mol. The standard InChI is InChI=1S/C12H12BrN3S/c13-10-3-1-2-4-11(10)15-7-8-17-12-5-6-14-9-16-12/h1-6,9,15H,7-8H2. The van der Waals surface area contributed by atoms with Crippen LogP contribution in [0, 0.1) is 0 Å². The highest BCUT2D eigenvalue weighted by Gasteiger charge is 1.97. The Labute approximate surface area is 113 Å². The highest BCUT2D eigenvalue weighted by molar-refractivity contribution is 9.10. The minimum absolute atomic E-state index is 0.900. The van der Waals surface area contributed by atoms with Crippen LogP contribution >= 0.6 is 27.7 Å². The molecule has 0 aliphatic carbocycles. The third kappa shape index (κ3) is 4.02. The first kappa shape index (κ1) is 12.4. The van der Waals surface area contributed by atoms with Gasteiger partial charge in [-0.15, -0.1) is 11.8 Å². The van der Waals surface area contributed by atoms with Crippen molar-refractivity contribution < 1.29 is 0 Å². The van der Waals surface area contributed by atoms with Gasteiger partial charge < -0.3 is 5.32 Å². The molecule has 1 heterocycles. The van der Waals surface area contributed by atoms with Gasteiger partial charge in [0.05, 0.1) is 5.03 Å². The number of aromatic nitrogens is 2. The summed E-state index contributed by atoms with van der Waals surface area (Å²) in [5.74, 6) is 0.971. The minimum atomic E-state index is 0.900. The third-order valence-electron chi connectivity index (χ3n) is 2.10. The van der Waals surface area contributed by atoms with Crippen molar-refractivity contribution in [1.29, 1.82) is 0 Å². The average molecular weight is 310 g/mol. The van der Waals surface area contributed by atoms with Crippen LogP contribution in [-0.4, -0.2) is 22.3 Å². The normalized spacial score (nSPS) is 10.2. The van der Waals surface area contributed by atoms with Crippen molar-refractivity contribution in [2.45, 2.75) is 5.03 Å². The zero-order valence-corrected chi connectivity index (χ0v) is 11.5. The van der Waals surface area contributed by atoms with Crippen LogP contribution in [0.2, 0.25) is 0 Å². The van der Waals surface area contributed by atoms with Gasteiger partial charge in [-0.3, -0.25) is 0 Å². The second-order valence-corrected chi connectivity index (χ2v) is 5.27. The summed E-state index contributed by atoms with van der Waals surface area (Å²) in [6, 6.07) is 10.0. The van der Waals surface area contributed by atoms with Crippen LogP contribution in [0.5, 0.6) is 0 Å². The molecule has 5 heteroatoms. The Hall–Kier alpha value is -1.07. The van der Waals surface area contributed by atoms with E-state index in [2.05, 4.69) is 37.3 Å². The number of para-hydroxylation sites is 1. The molecule has 0 aliphatic rings. The number of nitrogens with zero attached hydrogens (tertiary/aromatic N) is 2. The van der Waals surface area contributed by atoms with Crippen LogP contribution in [0.25, 0.3) is 0 Å². The number of thioether (sulfide) groups is 1. The fraction of sp³-hybridized carbons (Fsp3) is 0.167. The average Bonchev–Trinajstić information content (AvgIpc) is 2.38. The predicted octanol–water partition coefficient (Wildman–Crippen LogP) is 3.44. The first-order valence-electron chi connectivity index (χ1n) is 5.23. The van der Waals surface area contributed by atoms with Gasteiger partial charge in [0.15, 0.2) is 0 Å². The lowest BCUT2D eigenvalue weighted by Gasteiger charge is -2.07. The maximum Gasteiger partial charge on any atom is 0.116 e. The maximum absolute atomic E-state index is 4.16. The molecular formula is C12H12BrN3S. The molecule has 0 saturated carbocycles. The Morgan fingerprint density at radius 2 is 2.12 bits per heavy atom. The molecule has 17 heavy (non-hydrogen) atoms. The van der Waals surface area contributed by atoms with E-state index in [-0.39, 0.29) is 0 Å². The number of halogens is 1. The van der Waals surface area contributed by atoms with Crippen LogP contribution in [0.4, 0.5) is 5.69 Å². The molecule has 0 atom stereocenters. The molecule has 2 aromatic rings. The molecule has 0 spiro atoms. The predicted molar refractivity (Wildman–Crippen MR) is 75.4 cm³/mol. The first-order chi connectivity index (χ1) is 8.36. The van der Waals surface area contributed by atoms with E-state index < -0.39 is 0 Å². The Morgan fingerprint density at radius 3 is 2.88 bits per heavy atom. The second-order valence-electron chi connectivity index (χ2n) is 3.30. The summed E-state index contributed by atoms with van der Waals surface area (Å²) >= 11 is 5.22. The third-order valence-corrected chi connectivity index (χ3v) is 3.73. The van der Waals surface area contributed by atoms with Crippen molar-refractivity contribution in [2.24, 2.45) is 0 Å². The highest BCUT2D eigenvalue weighted by Crippen LogP contribution is 2.21. The Bertz CT molecular complexity index is 464. The largest absolute Gasteiger partial charge is 0.383 e. The number of benzene rings is 1. The van der Waals surface area contributed by atoms with Crippen LogP contribution in [0.3, 0.4) is 0 Å². The molecule has 0 radical (unpaired) electrons. The fourth-order valence-electron chi connectivity index (χ4n) is 1.31. The van der Waals surface area contributed by atoms with Crippen LogP contribution in [-0.2, 0) is 0 Å². The first-order valence-corrected chi connectivity index (χ1v) is 7.01. The number of nitrogens with one attached hydrogen (secondary N) is 1. The lowest BCUT2D eigenvalue weighted by Crippen LogP contribution is -2.04. The van der Waals surface area contributed by atoms with E-state index in [0.29, 0.717) is 0 Å². The molecule has 3 nitrogen and oxygen atoms in total. The lowest BCUT2D eigenvalue weighted by molar-refractivity contribution is 1.04. The van der Waals surface area contributed by atoms with Gasteiger partial charge in [-0.05, 0) is 34.1 Å². The van der Waals surface area contributed by atoms with E-state index in [9.17, 15) is 0 Å². The van der Waals surface area contributed by atoms with E-state index in [1.54, 1.807) is 24.3 Å². The van der Waals surface area contributed by atoms with Crippen LogP contribution < -0.4 is 5.32 Å². The van der Waals surface area contributed by atoms with Gasteiger partial charge in [0.2, 0.25) is 0 Å². The SMILES string of the molecule is Brc1ccccc1NCCSc1ccncn1. The van der Waals surface area contributed by atoms with Gasteiger partial charge >= 0.3 is 0 Å². The van der Waals surface area contributed by atoms with Gasteiger partial charge in [-0.1, -0.05) is 12.1 Å². The van der Waals surface area contributed by atoms with E-state index in [4.69, 9.17) is 0 Å². The molecule has 0 unspecified atom stereocenters. The van der Waals surface area contributed by atoms with E-state index in [1.807, 2.05) is 24.3 Å².